The second-order valence-electron chi connectivity index (χ2n) is 5.37. The van der Waals surface area contributed by atoms with E-state index in [9.17, 15) is 14.9 Å². The largest absolute Gasteiger partial charge is 0.343 e. The van der Waals surface area contributed by atoms with Gasteiger partial charge in [0.25, 0.3) is 5.69 Å². The van der Waals surface area contributed by atoms with Crippen LogP contribution in [0.2, 0.25) is 0 Å². The standard InChI is InChI=1S/C15H21N3O3/c1-12(13-5-4-6-14(11-13)18(20)21)16-8-7-15(19)17-9-2-3-10-17/h4-6,11-12,16H,2-3,7-10H2,1H3. The molecule has 0 radical (unpaired) electrons. The Bertz CT molecular complexity index is 513. The Morgan fingerprint density at radius 3 is 2.81 bits per heavy atom. The van der Waals surface area contributed by atoms with Crippen molar-refractivity contribution < 1.29 is 9.72 Å². The summed E-state index contributed by atoms with van der Waals surface area (Å²) in [6.07, 6.45) is 2.67. The number of nitrogens with one attached hydrogen (secondary N) is 1. The molecule has 1 fully saturated rings. The second kappa shape index (κ2) is 7.17. The third kappa shape index (κ3) is 4.26. The summed E-state index contributed by atoms with van der Waals surface area (Å²) in [5.41, 5.74) is 0.951. The molecule has 1 N–H and O–H groups in total. The van der Waals surface area contributed by atoms with Gasteiger partial charge in [-0.3, -0.25) is 14.9 Å². The van der Waals surface area contributed by atoms with Gasteiger partial charge in [-0.2, -0.15) is 0 Å². The van der Waals surface area contributed by atoms with Crippen LogP contribution in [-0.4, -0.2) is 35.4 Å². The Morgan fingerprint density at radius 2 is 2.14 bits per heavy atom. The number of non-ortho nitro benzene ring substituents is 1. The normalized spacial score (nSPS) is 16.0. The van der Waals surface area contributed by atoms with E-state index in [1.54, 1.807) is 12.1 Å². The molecule has 1 saturated heterocycles. The second-order valence-corrected chi connectivity index (χ2v) is 5.37. The van der Waals surface area contributed by atoms with Gasteiger partial charge in [0.1, 0.15) is 0 Å². The van der Waals surface area contributed by atoms with Gasteiger partial charge in [0, 0.05) is 44.2 Å². The van der Waals surface area contributed by atoms with Crippen molar-refractivity contribution in [2.75, 3.05) is 19.6 Å². The van der Waals surface area contributed by atoms with Gasteiger partial charge in [-0.15, -0.1) is 0 Å². The van der Waals surface area contributed by atoms with Gasteiger partial charge in [-0.05, 0) is 25.3 Å². The molecule has 1 aliphatic heterocycles. The predicted octanol–water partition coefficient (Wildman–Crippen LogP) is 2.26. The first-order chi connectivity index (χ1) is 10.1. The highest BCUT2D eigenvalue weighted by Gasteiger charge is 2.17. The van der Waals surface area contributed by atoms with Gasteiger partial charge >= 0.3 is 0 Å². The van der Waals surface area contributed by atoms with E-state index in [1.807, 2.05) is 17.9 Å². The lowest BCUT2D eigenvalue weighted by Gasteiger charge is -2.17. The Labute approximate surface area is 124 Å². The van der Waals surface area contributed by atoms with Gasteiger partial charge in [-0.25, -0.2) is 0 Å². The van der Waals surface area contributed by atoms with Gasteiger partial charge in [-0.1, -0.05) is 12.1 Å². The fraction of sp³-hybridized carbons (Fsp3) is 0.533. The number of carbonyl (C=O) groups is 1. The maximum Gasteiger partial charge on any atom is 0.269 e. The summed E-state index contributed by atoms with van der Waals surface area (Å²) in [6.45, 7) is 4.27. The first-order valence-corrected chi connectivity index (χ1v) is 7.33. The molecule has 0 saturated carbocycles. The fourth-order valence-electron chi connectivity index (χ4n) is 2.55. The summed E-state index contributed by atoms with van der Waals surface area (Å²) in [5, 5.41) is 14.0. The molecule has 1 amide bonds. The van der Waals surface area contributed by atoms with Gasteiger partial charge < -0.3 is 10.2 Å². The molecule has 1 unspecified atom stereocenters. The SMILES string of the molecule is CC(NCCC(=O)N1CCCC1)c1cccc([N+](=O)[O-])c1. The summed E-state index contributed by atoms with van der Waals surface area (Å²) in [6, 6.07) is 6.57. The molecule has 114 valence electrons. The molecule has 1 aromatic rings. The first kappa shape index (κ1) is 15.4. The number of rotatable bonds is 6. The highest BCUT2D eigenvalue weighted by atomic mass is 16.6. The van der Waals surface area contributed by atoms with Gasteiger partial charge in [0.15, 0.2) is 0 Å². The fourth-order valence-corrected chi connectivity index (χ4v) is 2.55. The predicted molar refractivity (Wildman–Crippen MR) is 79.9 cm³/mol. The monoisotopic (exact) mass is 291 g/mol. The summed E-state index contributed by atoms with van der Waals surface area (Å²) < 4.78 is 0. The average Bonchev–Trinajstić information content (AvgIpc) is 3.01. The molecule has 1 aromatic carbocycles. The molecule has 1 atom stereocenters. The Kier molecular flexibility index (Phi) is 5.27. The van der Waals surface area contributed by atoms with Crippen LogP contribution in [0.1, 0.15) is 37.8 Å². The molecule has 6 heteroatoms. The van der Waals surface area contributed by atoms with Crippen LogP contribution in [0.25, 0.3) is 0 Å². The summed E-state index contributed by atoms with van der Waals surface area (Å²) in [7, 11) is 0. The number of likely N-dealkylation sites (tertiary alicyclic amines) is 1. The van der Waals surface area contributed by atoms with Crippen molar-refractivity contribution in [1.82, 2.24) is 10.2 Å². The number of hydrogen-bond acceptors (Lipinski definition) is 4. The van der Waals surface area contributed by atoms with E-state index in [1.165, 1.54) is 6.07 Å². The lowest BCUT2D eigenvalue weighted by atomic mass is 10.1. The lowest BCUT2D eigenvalue weighted by molar-refractivity contribution is -0.384. The average molecular weight is 291 g/mol. The van der Waals surface area contributed by atoms with Crippen molar-refractivity contribution in [2.45, 2.75) is 32.2 Å². The molecule has 0 spiro atoms. The summed E-state index contributed by atoms with van der Waals surface area (Å²) in [4.78, 5) is 24.2. The number of amides is 1. The van der Waals surface area contributed by atoms with Crippen molar-refractivity contribution in [1.29, 1.82) is 0 Å². The summed E-state index contributed by atoms with van der Waals surface area (Å²) >= 11 is 0. The van der Waals surface area contributed by atoms with Crippen LogP contribution in [0.4, 0.5) is 5.69 Å². The highest BCUT2D eigenvalue weighted by Crippen LogP contribution is 2.19. The van der Waals surface area contributed by atoms with Crippen molar-refractivity contribution in [2.24, 2.45) is 0 Å². The molecule has 0 bridgehead atoms. The third-order valence-corrected chi connectivity index (χ3v) is 3.83. The zero-order valence-electron chi connectivity index (χ0n) is 12.2. The number of benzene rings is 1. The van der Waals surface area contributed by atoms with Crippen LogP contribution in [0.3, 0.4) is 0 Å². The van der Waals surface area contributed by atoms with Crippen molar-refractivity contribution in [3.63, 3.8) is 0 Å². The molecule has 21 heavy (non-hydrogen) atoms. The van der Waals surface area contributed by atoms with Crippen molar-refractivity contribution in [3.8, 4) is 0 Å². The lowest BCUT2D eigenvalue weighted by Crippen LogP contribution is -2.31. The molecule has 2 rings (SSSR count). The van der Waals surface area contributed by atoms with Gasteiger partial charge in [0.05, 0.1) is 4.92 Å². The van der Waals surface area contributed by atoms with E-state index in [4.69, 9.17) is 0 Å². The van der Waals surface area contributed by atoms with Crippen LogP contribution in [0.15, 0.2) is 24.3 Å². The Morgan fingerprint density at radius 1 is 1.43 bits per heavy atom. The zero-order chi connectivity index (χ0) is 15.2. The van der Waals surface area contributed by atoms with E-state index in [0.29, 0.717) is 13.0 Å². The van der Waals surface area contributed by atoms with E-state index in [0.717, 1.165) is 31.5 Å². The molecule has 1 aliphatic rings. The summed E-state index contributed by atoms with van der Waals surface area (Å²) in [5.74, 6) is 0.186. The van der Waals surface area contributed by atoms with E-state index in [2.05, 4.69) is 5.32 Å². The number of nitrogens with zero attached hydrogens (tertiary/aromatic N) is 2. The topological polar surface area (TPSA) is 75.5 Å². The number of hydrogen-bond donors (Lipinski definition) is 1. The number of carbonyl (C=O) groups excluding carboxylic acids is 1. The smallest absolute Gasteiger partial charge is 0.269 e. The first-order valence-electron chi connectivity index (χ1n) is 7.33. The van der Waals surface area contributed by atoms with Crippen LogP contribution in [-0.2, 0) is 4.79 Å². The minimum atomic E-state index is -0.396. The quantitative estimate of drug-likeness (QED) is 0.644. The third-order valence-electron chi connectivity index (χ3n) is 3.83. The number of nitro groups is 1. The van der Waals surface area contributed by atoms with E-state index in [-0.39, 0.29) is 17.6 Å². The molecule has 0 aliphatic carbocycles. The van der Waals surface area contributed by atoms with Crippen LogP contribution in [0, 0.1) is 10.1 Å². The molecular weight excluding hydrogens is 270 g/mol. The van der Waals surface area contributed by atoms with E-state index >= 15 is 0 Å². The Balaban J connectivity index is 1.81. The number of nitro benzene ring substituents is 1. The molecule has 1 heterocycles. The van der Waals surface area contributed by atoms with Crippen LogP contribution < -0.4 is 5.32 Å². The van der Waals surface area contributed by atoms with Crippen molar-refractivity contribution >= 4 is 11.6 Å². The molecular formula is C15H21N3O3. The maximum absolute atomic E-state index is 11.9. The minimum Gasteiger partial charge on any atom is -0.343 e. The van der Waals surface area contributed by atoms with E-state index < -0.39 is 4.92 Å². The maximum atomic E-state index is 11.9. The highest BCUT2D eigenvalue weighted by molar-refractivity contribution is 5.76. The minimum absolute atomic E-state index is 0.0173. The molecule has 0 aromatic heterocycles. The zero-order valence-corrected chi connectivity index (χ0v) is 12.2. The Hall–Kier alpha value is -1.95. The van der Waals surface area contributed by atoms with Crippen LogP contribution in [0.5, 0.6) is 0 Å². The van der Waals surface area contributed by atoms with Crippen molar-refractivity contribution in [3.05, 3.63) is 39.9 Å². The molecule has 6 nitrogen and oxygen atoms in total. The van der Waals surface area contributed by atoms with Gasteiger partial charge in [0.2, 0.25) is 5.91 Å². The van der Waals surface area contributed by atoms with Crippen LogP contribution >= 0.6 is 0 Å².